The van der Waals surface area contributed by atoms with Crippen LogP contribution in [0, 0.1) is 6.92 Å². The number of amides is 1. The van der Waals surface area contributed by atoms with Gasteiger partial charge in [0, 0.05) is 11.3 Å². The molecule has 0 aliphatic carbocycles. The smallest absolute Gasteiger partial charge is 0.276 e. The van der Waals surface area contributed by atoms with Gasteiger partial charge in [-0.3, -0.25) is 4.79 Å². The van der Waals surface area contributed by atoms with Gasteiger partial charge >= 0.3 is 0 Å². The summed E-state index contributed by atoms with van der Waals surface area (Å²) in [7, 11) is 0. The fourth-order valence-electron chi connectivity index (χ4n) is 3.86. The van der Waals surface area contributed by atoms with E-state index in [1.807, 2.05) is 90.5 Å². The van der Waals surface area contributed by atoms with Gasteiger partial charge in [-0.2, -0.15) is 5.10 Å². The van der Waals surface area contributed by atoms with Crippen LogP contribution >= 0.6 is 0 Å². The predicted octanol–water partition coefficient (Wildman–Crippen LogP) is 6.77. The lowest BCUT2D eigenvalue weighted by molar-refractivity contribution is 0.102. The maximum atomic E-state index is 13.0. The molecule has 5 aromatic rings. The van der Waals surface area contributed by atoms with Crippen molar-refractivity contribution in [1.82, 2.24) is 9.78 Å². The van der Waals surface area contributed by atoms with Crippen molar-refractivity contribution in [3.8, 4) is 28.1 Å². The Morgan fingerprint density at radius 2 is 1.27 bits per heavy atom. The zero-order valence-corrected chi connectivity index (χ0v) is 18.3. The van der Waals surface area contributed by atoms with Crippen molar-refractivity contribution in [2.75, 3.05) is 5.32 Å². The summed E-state index contributed by atoms with van der Waals surface area (Å²) < 4.78 is 1.85. The van der Waals surface area contributed by atoms with Crippen LogP contribution in [0.4, 0.5) is 5.69 Å². The topological polar surface area (TPSA) is 46.9 Å². The summed E-state index contributed by atoms with van der Waals surface area (Å²) in [6.45, 7) is 2.04. The molecular weight excluding hydrogens is 406 g/mol. The average molecular weight is 430 g/mol. The first-order chi connectivity index (χ1) is 16.2. The minimum absolute atomic E-state index is 0.240. The standard InChI is InChI=1S/C29H23N3O/c1-21-10-8-9-15-27(21)32-28(20-26(31-32)29(33)30-25-13-6-3-7-14-25)24-18-16-23(17-19-24)22-11-4-2-5-12-22/h2-20H,1H3,(H,30,33). The molecule has 1 aromatic heterocycles. The van der Waals surface area contributed by atoms with Crippen molar-refractivity contribution in [3.05, 3.63) is 127 Å². The molecule has 4 aromatic carbocycles. The highest BCUT2D eigenvalue weighted by Crippen LogP contribution is 2.28. The van der Waals surface area contributed by atoms with Gasteiger partial charge < -0.3 is 5.32 Å². The van der Waals surface area contributed by atoms with Crippen LogP contribution in [-0.4, -0.2) is 15.7 Å². The summed E-state index contributed by atoms with van der Waals surface area (Å²) in [6, 6.07) is 37.9. The lowest BCUT2D eigenvalue weighted by atomic mass is 10.0. The number of anilines is 1. The summed E-state index contributed by atoms with van der Waals surface area (Å²) in [5, 5.41) is 7.63. The molecule has 0 bridgehead atoms. The number of para-hydroxylation sites is 2. The zero-order chi connectivity index (χ0) is 22.6. The number of aryl methyl sites for hydroxylation is 1. The summed E-state index contributed by atoms with van der Waals surface area (Å²) in [5.74, 6) is -0.240. The van der Waals surface area contributed by atoms with E-state index < -0.39 is 0 Å². The normalized spacial score (nSPS) is 10.7. The number of benzene rings is 4. The van der Waals surface area contributed by atoms with Gasteiger partial charge in [0.25, 0.3) is 5.91 Å². The van der Waals surface area contributed by atoms with Crippen molar-refractivity contribution >= 4 is 11.6 Å². The van der Waals surface area contributed by atoms with Crippen molar-refractivity contribution in [2.24, 2.45) is 0 Å². The largest absolute Gasteiger partial charge is 0.321 e. The highest BCUT2D eigenvalue weighted by Gasteiger charge is 2.18. The maximum absolute atomic E-state index is 13.0. The van der Waals surface area contributed by atoms with E-state index in [-0.39, 0.29) is 5.91 Å². The molecule has 160 valence electrons. The van der Waals surface area contributed by atoms with E-state index in [2.05, 4.69) is 41.7 Å². The number of hydrogen-bond acceptors (Lipinski definition) is 2. The number of carbonyl (C=O) groups is 1. The minimum atomic E-state index is -0.240. The Morgan fingerprint density at radius 3 is 1.97 bits per heavy atom. The van der Waals surface area contributed by atoms with Crippen LogP contribution < -0.4 is 5.32 Å². The molecule has 4 nitrogen and oxygen atoms in total. The molecule has 0 aliphatic rings. The van der Waals surface area contributed by atoms with Crippen LogP contribution in [0.5, 0.6) is 0 Å². The fraction of sp³-hybridized carbons (Fsp3) is 0.0345. The van der Waals surface area contributed by atoms with Crippen LogP contribution in [0.15, 0.2) is 115 Å². The molecule has 4 heteroatoms. The van der Waals surface area contributed by atoms with Crippen LogP contribution in [0.1, 0.15) is 16.1 Å². The summed E-state index contributed by atoms with van der Waals surface area (Å²) in [4.78, 5) is 13.0. The number of rotatable bonds is 5. The minimum Gasteiger partial charge on any atom is -0.321 e. The van der Waals surface area contributed by atoms with E-state index in [4.69, 9.17) is 5.10 Å². The monoisotopic (exact) mass is 429 g/mol. The van der Waals surface area contributed by atoms with Crippen LogP contribution in [0.25, 0.3) is 28.1 Å². The second-order valence-corrected chi connectivity index (χ2v) is 7.88. The van der Waals surface area contributed by atoms with Crippen molar-refractivity contribution in [1.29, 1.82) is 0 Å². The summed E-state index contributed by atoms with van der Waals surface area (Å²) in [5.41, 5.74) is 7.29. The van der Waals surface area contributed by atoms with Crippen LogP contribution in [0.3, 0.4) is 0 Å². The van der Waals surface area contributed by atoms with Gasteiger partial charge in [-0.1, -0.05) is 91.0 Å². The Labute approximate surface area is 193 Å². The predicted molar refractivity (Wildman–Crippen MR) is 134 cm³/mol. The lowest BCUT2D eigenvalue weighted by Gasteiger charge is -2.11. The lowest BCUT2D eigenvalue weighted by Crippen LogP contribution is -2.13. The van der Waals surface area contributed by atoms with E-state index in [0.29, 0.717) is 5.69 Å². The second-order valence-electron chi connectivity index (χ2n) is 7.88. The first-order valence-electron chi connectivity index (χ1n) is 10.9. The van der Waals surface area contributed by atoms with E-state index in [1.54, 1.807) is 0 Å². The molecule has 0 saturated heterocycles. The Kier molecular flexibility index (Phi) is 5.56. The van der Waals surface area contributed by atoms with Gasteiger partial charge in [0.2, 0.25) is 0 Å². The Hall–Kier alpha value is -4.44. The molecule has 1 heterocycles. The van der Waals surface area contributed by atoms with Crippen LogP contribution in [0.2, 0.25) is 0 Å². The molecule has 5 rings (SSSR count). The second kappa shape index (κ2) is 8.97. The molecule has 0 saturated carbocycles. The van der Waals surface area contributed by atoms with Crippen LogP contribution in [-0.2, 0) is 0 Å². The number of aromatic nitrogens is 2. The summed E-state index contributed by atoms with van der Waals surface area (Å²) >= 11 is 0. The van der Waals surface area contributed by atoms with Crippen molar-refractivity contribution in [3.63, 3.8) is 0 Å². The molecular formula is C29H23N3O. The van der Waals surface area contributed by atoms with E-state index in [9.17, 15) is 4.79 Å². The SMILES string of the molecule is Cc1ccccc1-n1nc(C(=O)Nc2ccccc2)cc1-c1ccc(-c2ccccc2)cc1. The van der Waals surface area contributed by atoms with E-state index in [1.165, 1.54) is 5.56 Å². The highest BCUT2D eigenvalue weighted by molar-refractivity contribution is 6.03. The van der Waals surface area contributed by atoms with Gasteiger partial charge in [-0.05, 0) is 47.9 Å². The molecule has 33 heavy (non-hydrogen) atoms. The number of nitrogens with zero attached hydrogens (tertiary/aromatic N) is 2. The highest BCUT2D eigenvalue weighted by atomic mass is 16.1. The third-order valence-electron chi connectivity index (χ3n) is 5.61. The van der Waals surface area contributed by atoms with E-state index >= 15 is 0 Å². The first-order valence-corrected chi connectivity index (χ1v) is 10.9. The first kappa shape index (κ1) is 20.5. The van der Waals surface area contributed by atoms with Gasteiger partial charge in [-0.25, -0.2) is 4.68 Å². The fourth-order valence-corrected chi connectivity index (χ4v) is 3.86. The van der Waals surface area contributed by atoms with Gasteiger partial charge in [0.1, 0.15) is 0 Å². The third kappa shape index (κ3) is 4.32. The third-order valence-corrected chi connectivity index (χ3v) is 5.61. The zero-order valence-electron chi connectivity index (χ0n) is 18.3. The Bertz CT molecular complexity index is 1390. The quantitative estimate of drug-likeness (QED) is 0.335. The molecule has 1 N–H and O–H groups in total. The molecule has 0 spiro atoms. The van der Waals surface area contributed by atoms with Crippen molar-refractivity contribution < 1.29 is 4.79 Å². The average Bonchev–Trinajstić information content (AvgIpc) is 3.31. The molecule has 0 atom stereocenters. The van der Waals surface area contributed by atoms with Gasteiger partial charge in [0.05, 0.1) is 11.4 Å². The Balaban J connectivity index is 1.55. The number of carbonyl (C=O) groups excluding carboxylic acids is 1. The van der Waals surface area contributed by atoms with Crippen molar-refractivity contribution in [2.45, 2.75) is 6.92 Å². The van der Waals surface area contributed by atoms with E-state index in [0.717, 1.165) is 33.8 Å². The number of nitrogens with one attached hydrogen (secondary N) is 1. The molecule has 0 unspecified atom stereocenters. The summed E-state index contributed by atoms with van der Waals surface area (Å²) in [6.07, 6.45) is 0. The Morgan fingerprint density at radius 1 is 0.697 bits per heavy atom. The number of hydrogen-bond donors (Lipinski definition) is 1. The molecule has 0 aliphatic heterocycles. The van der Waals surface area contributed by atoms with Gasteiger partial charge in [-0.15, -0.1) is 0 Å². The maximum Gasteiger partial charge on any atom is 0.276 e. The molecule has 0 radical (unpaired) electrons. The van der Waals surface area contributed by atoms with Gasteiger partial charge in [0.15, 0.2) is 5.69 Å². The molecule has 1 amide bonds. The molecule has 0 fully saturated rings.